The monoisotopic (exact) mass is 301 g/mol. The first-order chi connectivity index (χ1) is 10.1. The number of amides is 1. The fraction of sp³-hybridized carbons (Fsp3) is 0.143. The van der Waals surface area contributed by atoms with Crippen LogP contribution in [0.15, 0.2) is 30.5 Å². The summed E-state index contributed by atoms with van der Waals surface area (Å²) >= 11 is 5.71. The molecule has 1 amide bonds. The molecule has 2 N–H and O–H groups in total. The number of nitrogens with zero attached hydrogens (tertiary/aromatic N) is 3. The van der Waals surface area contributed by atoms with E-state index in [0.29, 0.717) is 29.0 Å². The smallest absolute Gasteiger partial charge is 0.257 e. The van der Waals surface area contributed by atoms with E-state index in [0.717, 1.165) is 0 Å². The predicted molar refractivity (Wildman–Crippen MR) is 80.3 cm³/mol. The topological polar surface area (TPSA) is 90.7 Å². The molecule has 7 heteroatoms. The molecule has 1 heterocycles. The van der Waals surface area contributed by atoms with Crippen molar-refractivity contribution in [3.05, 3.63) is 46.7 Å². The van der Waals surface area contributed by atoms with Gasteiger partial charge in [0.25, 0.3) is 5.91 Å². The first kappa shape index (κ1) is 14.8. The molecule has 2 rings (SSSR count). The Morgan fingerprint density at radius 3 is 2.86 bits per heavy atom. The van der Waals surface area contributed by atoms with Gasteiger partial charge in [-0.05, 0) is 31.2 Å². The van der Waals surface area contributed by atoms with Gasteiger partial charge in [0, 0.05) is 6.54 Å². The van der Waals surface area contributed by atoms with E-state index < -0.39 is 0 Å². The van der Waals surface area contributed by atoms with Crippen molar-refractivity contribution < 1.29 is 4.79 Å². The Morgan fingerprint density at radius 1 is 1.38 bits per heavy atom. The molecular formula is C14H12ClN5O. The van der Waals surface area contributed by atoms with Gasteiger partial charge in [0.15, 0.2) is 5.15 Å². The minimum Gasteiger partial charge on any atom is -0.384 e. The van der Waals surface area contributed by atoms with Crippen LogP contribution in [0.1, 0.15) is 22.8 Å². The molecule has 0 bridgehead atoms. The van der Waals surface area contributed by atoms with E-state index in [9.17, 15) is 4.79 Å². The maximum absolute atomic E-state index is 12.1. The Kier molecular flexibility index (Phi) is 4.69. The molecule has 0 unspecified atom stereocenters. The molecule has 0 radical (unpaired) electrons. The number of hydrogen-bond donors (Lipinski definition) is 2. The highest BCUT2D eigenvalue weighted by molar-refractivity contribution is 6.29. The third-order valence-electron chi connectivity index (χ3n) is 2.65. The highest BCUT2D eigenvalue weighted by atomic mass is 35.5. The van der Waals surface area contributed by atoms with Gasteiger partial charge in [0.2, 0.25) is 0 Å². The molecule has 0 aliphatic heterocycles. The Hall–Kier alpha value is -2.65. The van der Waals surface area contributed by atoms with Gasteiger partial charge in [-0.1, -0.05) is 11.6 Å². The lowest BCUT2D eigenvalue weighted by molar-refractivity contribution is 0.102. The van der Waals surface area contributed by atoms with E-state index >= 15 is 0 Å². The third kappa shape index (κ3) is 3.68. The first-order valence-corrected chi connectivity index (χ1v) is 6.59. The molecule has 0 saturated carbocycles. The van der Waals surface area contributed by atoms with Gasteiger partial charge in [-0.25, -0.2) is 0 Å². The van der Waals surface area contributed by atoms with Crippen LogP contribution in [0.4, 0.5) is 11.4 Å². The van der Waals surface area contributed by atoms with Crippen LogP contribution in [0.2, 0.25) is 5.15 Å². The highest BCUT2D eigenvalue weighted by Crippen LogP contribution is 2.23. The van der Waals surface area contributed by atoms with E-state index in [2.05, 4.69) is 26.9 Å². The minimum absolute atomic E-state index is 0.148. The summed E-state index contributed by atoms with van der Waals surface area (Å²) in [5, 5.41) is 22.1. The number of hydrogen-bond acceptors (Lipinski definition) is 5. The Bertz CT molecular complexity index is 711. The summed E-state index contributed by atoms with van der Waals surface area (Å²) in [4.78, 5) is 12.1. The molecule has 1 aromatic heterocycles. The third-order valence-corrected chi connectivity index (χ3v) is 2.84. The molecule has 0 saturated heterocycles. The fourth-order valence-electron chi connectivity index (χ4n) is 1.72. The van der Waals surface area contributed by atoms with Crippen molar-refractivity contribution in [2.75, 3.05) is 17.2 Å². The van der Waals surface area contributed by atoms with Gasteiger partial charge in [-0.15, -0.1) is 5.10 Å². The fourth-order valence-corrected chi connectivity index (χ4v) is 1.88. The number of nitriles is 1. The molecule has 2 aromatic rings. The number of anilines is 2. The lowest BCUT2D eigenvalue weighted by atomic mass is 10.1. The summed E-state index contributed by atoms with van der Waals surface area (Å²) < 4.78 is 0. The molecule has 1 aromatic carbocycles. The van der Waals surface area contributed by atoms with Gasteiger partial charge >= 0.3 is 0 Å². The van der Waals surface area contributed by atoms with Gasteiger partial charge in [0.1, 0.15) is 0 Å². The number of rotatable bonds is 4. The zero-order chi connectivity index (χ0) is 15.2. The van der Waals surface area contributed by atoms with E-state index in [4.69, 9.17) is 16.9 Å². The normalized spacial score (nSPS) is 9.76. The Morgan fingerprint density at radius 2 is 2.19 bits per heavy atom. The van der Waals surface area contributed by atoms with Crippen LogP contribution in [0.25, 0.3) is 0 Å². The summed E-state index contributed by atoms with van der Waals surface area (Å²) in [5.41, 5.74) is 2.08. The summed E-state index contributed by atoms with van der Waals surface area (Å²) in [5.74, 6) is -0.351. The summed E-state index contributed by atoms with van der Waals surface area (Å²) in [6.07, 6.45) is 1.33. The van der Waals surface area contributed by atoms with Crippen LogP contribution in [-0.2, 0) is 0 Å². The van der Waals surface area contributed by atoms with Crippen LogP contribution >= 0.6 is 11.6 Å². The first-order valence-electron chi connectivity index (χ1n) is 6.21. The quantitative estimate of drug-likeness (QED) is 0.906. The highest BCUT2D eigenvalue weighted by Gasteiger charge is 2.11. The van der Waals surface area contributed by atoms with Crippen LogP contribution in [0.5, 0.6) is 0 Å². The SMILES string of the molecule is CCNc1cc(C#N)ccc1NC(=O)c1cnnc(Cl)c1. The molecule has 0 fully saturated rings. The van der Waals surface area contributed by atoms with E-state index in [1.807, 2.05) is 6.92 Å². The maximum Gasteiger partial charge on any atom is 0.257 e. The van der Waals surface area contributed by atoms with Gasteiger partial charge in [0.05, 0.1) is 34.8 Å². The Balaban J connectivity index is 2.26. The number of carbonyl (C=O) groups excluding carboxylic acids is 1. The minimum atomic E-state index is -0.351. The number of carbonyl (C=O) groups is 1. The molecule has 0 aliphatic rings. The number of nitrogens with one attached hydrogen (secondary N) is 2. The van der Waals surface area contributed by atoms with Gasteiger partial charge < -0.3 is 10.6 Å². The lowest BCUT2D eigenvalue weighted by Gasteiger charge is -2.12. The standard InChI is InChI=1S/C14H12ClN5O/c1-2-17-12-5-9(7-16)3-4-11(12)19-14(21)10-6-13(15)20-18-8-10/h3-6,8,17H,2H2,1H3,(H,19,21). The van der Waals surface area contributed by atoms with Crippen LogP contribution in [-0.4, -0.2) is 22.6 Å². The number of halogens is 1. The zero-order valence-corrected chi connectivity index (χ0v) is 12.0. The predicted octanol–water partition coefficient (Wildman–Crippen LogP) is 2.69. The van der Waals surface area contributed by atoms with E-state index in [1.54, 1.807) is 18.2 Å². The van der Waals surface area contributed by atoms with Crippen LogP contribution in [0, 0.1) is 11.3 Å². The van der Waals surface area contributed by atoms with Crippen molar-refractivity contribution in [3.63, 3.8) is 0 Å². The van der Waals surface area contributed by atoms with Gasteiger partial charge in [-0.2, -0.15) is 10.4 Å². The molecule has 0 spiro atoms. The lowest BCUT2D eigenvalue weighted by Crippen LogP contribution is -2.14. The maximum atomic E-state index is 12.1. The largest absolute Gasteiger partial charge is 0.384 e. The Labute approximate surface area is 126 Å². The van der Waals surface area contributed by atoms with Crippen LogP contribution in [0.3, 0.4) is 0 Å². The van der Waals surface area contributed by atoms with Crippen molar-refractivity contribution in [2.24, 2.45) is 0 Å². The average Bonchev–Trinajstić information content (AvgIpc) is 2.49. The molecule has 0 aliphatic carbocycles. The van der Waals surface area contributed by atoms with Crippen molar-refractivity contribution in [1.82, 2.24) is 10.2 Å². The molecule has 106 valence electrons. The number of aromatic nitrogens is 2. The van der Waals surface area contributed by atoms with Crippen molar-refractivity contribution in [1.29, 1.82) is 5.26 Å². The summed E-state index contributed by atoms with van der Waals surface area (Å²) in [6.45, 7) is 2.59. The van der Waals surface area contributed by atoms with Crippen molar-refractivity contribution >= 4 is 28.9 Å². The molecule has 0 atom stereocenters. The second-order valence-electron chi connectivity index (χ2n) is 4.12. The molecule has 21 heavy (non-hydrogen) atoms. The van der Waals surface area contributed by atoms with Crippen molar-refractivity contribution in [3.8, 4) is 6.07 Å². The van der Waals surface area contributed by atoms with E-state index in [-0.39, 0.29) is 11.1 Å². The second kappa shape index (κ2) is 6.68. The zero-order valence-electron chi connectivity index (χ0n) is 11.2. The van der Waals surface area contributed by atoms with Crippen LogP contribution < -0.4 is 10.6 Å². The second-order valence-corrected chi connectivity index (χ2v) is 4.51. The molecular weight excluding hydrogens is 290 g/mol. The summed E-state index contributed by atoms with van der Waals surface area (Å²) in [7, 11) is 0. The van der Waals surface area contributed by atoms with Crippen molar-refractivity contribution in [2.45, 2.75) is 6.92 Å². The van der Waals surface area contributed by atoms with E-state index in [1.165, 1.54) is 12.3 Å². The average molecular weight is 302 g/mol. The number of benzene rings is 1. The molecule has 6 nitrogen and oxygen atoms in total. The van der Waals surface area contributed by atoms with Gasteiger partial charge in [-0.3, -0.25) is 4.79 Å². The summed E-state index contributed by atoms with van der Waals surface area (Å²) in [6, 6.07) is 8.47.